The predicted octanol–water partition coefficient (Wildman–Crippen LogP) is 3.06. The molecular formula is C16H20N6O2. The number of hydrazine groups is 1. The molecule has 2 aromatic rings. The van der Waals surface area contributed by atoms with Crippen LogP contribution in [-0.4, -0.2) is 28.0 Å². The molecule has 1 aromatic carbocycles. The summed E-state index contributed by atoms with van der Waals surface area (Å²) in [5.74, 6) is 1.17. The second-order valence-corrected chi connectivity index (χ2v) is 5.94. The van der Waals surface area contributed by atoms with E-state index in [1.54, 1.807) is 0 Å². The standard InChI is InChI=1S/C16H20N6O2/c1-12-7-9-21(10-8-12)16-14(22(23)24)15(17-11-18-16)20-19-13-5-3-2-4-6-13/h2-6,11-12,19H,7-10H2,1H3,(H,17,18,20). The summed E-state index contributed by atoms with van der Waals surface area (Å²) >= 11 is 0. The topological polar surface area (TPSA) is 96.2 Å². The zero-order valence-electron chi connectivity index (χ0n) is 13.5. The lowest BCUT2D eigenvalue weighted by molar-refractivity contribution is -0.383. The highest BCUT2D eigenvalue weighted by Crippen LogP contribution is 2.33. The monoisotopic (exact) mass is 328 g/mol. The molecule has 1 saturated heterocycles. The lowest BCUT2D eigenvalue weighted by Gasteiger charge is -2.30. The van der Waals surface area contributed by atoms with Crippen molar-refractivity contribution in [2.75, 3.05) is 28.8 Å². The zero-order chi connectivity index (χ0) is 16.9. The number of hydrogen-bond acceptors (Lipinski definition) is 7. The fourth-order valence-corrected chi connectivity index (χ4v) is 2.73. The third kappa shape index (κ3) is 3.53. The van der Waals surface area contributed by atoms with Crippen molar-refractivity contribution >= 4 is 23.0 Å². The van der Waals surface area contributed by atoms with E-state index in [0.717, 1.165) is 31.6 Å². The third-order valence-corrected chi connectivity index (χ3v) is 4.17. The van der Waals surface area contributed by atoms with Crippen molar-refractivity contribution in [3.05, 3.63) is 46.8 Å². The van der Waals surface area contributed by atoms with Crippen molar-refractivity contribution in [2.24, 2.45) is 5.92 Å². The Morgan fingerprint density at radius 2 is 1.88 bits per heavy atom. The number of rotatable bonds is 5. The van der Waals surface area contributed by atoms with Crippen LogP contribution in [-0.2, 0) is 0 Å². The highest BCUT2D eigenvalue weighted by molar-refractivity contribution is 5.71. The molecule has 24 heavy (non-hydrogen) atoms. The van der Waals surface area contributed by atoms with Gasteiger partial charge in [0.05, 0.1) is 10.6 Å². The Morgan fingerprint density at radius 3 is 2.54 bits per heavy atom. The number of nitrogens with one attached hydrogen (secondary N) is 2. The molecule has 0 unspecified atom stereocenters. The number of nitrogens with zero attached hydrogens (tertiary/aromatic N) is 4. The molecule has 2 N–H and O–H groups in total. The second kappa shape index (κ2) is 7.12. The van der Waals surface area contributed by atoms with E-state index in [1.165, 1.54) is 6.33 Å². The quantitative estimate of drug-likeness (QED) is 0.643. The molecule has 0 atom stereocenters. The maximum atomic E-state index is 11.6. The summed E-state index contributed by atoms with van der Waals surface area (Å²) in [5, 5.41) is 11.6. The second-order valence-electron chi connectivity index (χ2n) is 5.94. The van der Waals surface area contributed by atoms with E-state index in [4.69, 9.17) is 0 Å². The van der Waals surface area contributed by atoms with Crippen LogP contribution in [0.25, 0.3) is 0 Å². The lowest BCUT2D eigenvalue weighted by Crippen LogP contribution is -2.34. The maximum Gasteiger partial charge on any atom is 0.355 e. The fraction of sp³-hybridized carbons (Fsp3) is 0.375. The van der Waals surface area contributed by atoms with Crippen molar-refractivity contribution in [3.8, 4) is 0 Å². The van der Waals surface area contributed by atoms with E-state index >= 15 is 0 Å². The predicted molar refractivity (Wildman–Crippen MR) is 93.0 cm³/mol. The minimum atomic E-state index is -0.428. The zero-order valence-corrected chi connectivity index (χ0v) is 13.5. The average molecular weight is 328 g/mol. The minimum absolute atomic E-state index is 0.101. The van der Waals surface area contributed by atoms with Crippen LogP contribution in [0.2, 0.25) is 0 Å². The Kier molecular flexibility index (Phi) is 4.74. The Hall–Kier alpha value is -2.90. The van der Waals surface area contributed by atoms with E-state index < -0.39 is 4.92 Å². The van der Waals surface area contributed by atoms with Crippen LogP contribution >= 0.6 is 0 Å². The Morgan fingerprint density at radius 1 is 1.17 bits per heavy atom. The molecule has 1 aromatic heterocycles. The molecule has 0 amide bonds. The first-order chi connectivity index (χ1) is 11.6. The first-order valence-electron chi connectivity index (χ1n) is 7.96. The van der Waals surface area contributed by atoms with E-state index in [-0.39, 0.29) is 11.5 Å². The third-order valence-electron chi connectivity index (χ3n) is 4.17. The first kappa shape index (κ1) is 16.0. The van der Waals surface area contributed by atoms with Gasteiger partial charge in [-0.05, 0) is 30.9 Å². The van der Waals surface area contributed by atoms with Gasteiger partial charge in [-0.1, -0.05) is 25.1 Å². The number of hydrogen-bond donors (Lipinski definition) is 2. The molecule has 1 aliphatic heterocycles. The molecule has 1 fully saturated rings. The molecule has 0 saturated carbocycles. The first-order valence-corrected chi connectivity index (χ1v) is 7.96. The normalized spacial score (nSPS) is 15.1. The largest absolute Gasteiger partial charge is 0.355 e. The van der Waals surface area contributed by atoms with Gasteiger partial charge in [0.1, 0.15) is 6.33 Å². The number of aromatic nitrogens is 2. The molecular weight excluding hydrogens is 308 g/mol. The van der Waals surface area contributed by atoms with Crippen LogP contribution in [0.5, 0.6) is 0 Å². The Labute approximate surface area is 140 Å². The maximum absolute atomic E-state index is 11.6. The molecule has 3 rings (SSSR count). The van der Waals surface area contributed by atoms with E-state index in [9.17, 15) is 10.1 Å². The fourth-order valence-electron chi connectivity index (χ4n) is 2.73. The Bertz CT molecular complexity index is 701. The van der Waals surface area contributed by atoms with Gasteiger partial charge < -0.3 is 4.90 Å². The van der Waals surface area contributed by atoms with E-state index in [0.29, 0.717) is 11.7 Å². The average Bonchev–Trinajstić information content (AvgIpc) is 2.61. The van der Waals surface area contributed by atoms with Gasteiger partial charge in [-0.3, -0.25) is 21.0 Å². The van der Waals surface area contributed by atoms with Crippen LogP contribution in [0.4, 0.5) is 23.0 Å². The summed E-state index contributed by atoms with van der Waals surface area (Å²) in [5.41, 5.74) is 6.45. The van der Waals surface area contributed by atoms with Gasteiger partial charge in [-0.15, -0.1) is 0 Å². The van der Waals surface area contributed by atoms with Crippen molar-refractivity contribution in [1.29, 1.82) is 0 Å². The van der Waals surface area contributed by atoms with Gasteiger partial charge >= 0.3 is 5.69 Å². The molecule has 0 radical (unpaired) electrons. The van der Waals surface area contributed by atoms with Crippen LogP contribution in [0.3, 0.4) is 0 Å². The van der Waals surface area contributed by atoms with Crippen molar-refractivity contribution in [3.63, 3.8) is 0 Å². The smallest absolute Gasteiger partial charge is 0.351 e. The SMILES string of the molecule is CC1CCN(c2ncnc(NNc3ccccc3)c2[N+](=O)[O-])CC1. The van der Waals surface area contributed by atoms with Gasteiger partial charge in [0.25, 0.3) is 0 Å². The summed E-state index contributed by atoms with van der Waals surface area (Å²) < 4.78 is 0. The summed E-state index contributed by atoms with van der Waals surface area (Å²) in [4.78, 5) is 21.3. The van der Waals surface area contributed by atoms with Crippen molar-refractivity contribution in [1.82, 2.24) is 9.97 Å². The van der Waals surface area contributed by atoms with Crippen molar-refractivity contribution < 1.29 is 4.92 Å². The molecule has 8 nitrogen and oxygen atoms in total. The summed E-state index contributed by atoms with van der Waals surface area (Å²) in [6.07, 6.45) is 3.37. The van der Waals surface area contributed by atoms with Gasteiger partial charge in [0, 0.05) is 13.1 Å². The number of benzene rings is 1. The minimum Gasteiger partial charge on any atom is -0.351 e. The molecule has 0 spiro atoms. The molecule has 126 valence electrons. The highest BCUT2D eigenvalue weighted by Gasteiger charge is 2.29. The highest BCUT2D eigenvalue weighted by atomic mass is 16.6. The van der Waals surface area contributed by atoms with Crippen LogP contribution in [0.15, 0.2) is 36.7 Å². The molecule has 1 aliphatic rings. The number of anilines is 3. The number of piperidine rings is 1. The van der Waals surface area contributed by atoms with Crippen molar-refractivity contribution in [2.45, 2.75) is 19.8 Å². The van der Waals surface area contributed by atoms with E-state index in [2.05, 4.69) is 27.7 Å². The Balaban J connectivity index is 1.84. The molecule has 0 bridgehead atoms. The van der Waals surface area contributed by atoms with Gasteiger partial charge in [0.2, 0.25) is 11.6 Å². The molecule has 2 heterocycles. The lowest BCUT2D eigenvalue weighted by atomic mass is 9.99. The molecule has 8 heteroatoms. The summed E-state index contributed by atoms with van der Waals surface area (Å²) in [7, 11) is 0. The van der Waals surface area contributed by atoms with Crippen LogP contribution in [0.1, 0.15) is 19.8 Å². The van der Waals surface area contributed by atoms with Crippen LogP contribution in [0, 0.1) is 16.0 Å². The van der Waals surface area contributed by atoms with E-state index in [1.807, 2.05) is 35.2 Å². The summed E-state index contributed by atoms with van der Waals surface area (Å²) in [6.45, 7) is 3.73. The molecule has 0 aliphatic carbocycles. The number of nitro groups is 1. The van der Waals surface area contributed by atoms with Gasteiger partial charge in [0.15, 0.2) is 0 Å². The number of para-hydroxylation sites is 1. The van der Waals surface area contributed by atoms with Gasteiger partial charge in [-0.25, -0.2) is 9.97 Å². The van der Waals surface area contributed by atoms with Crippen LogP contribution < -0.4 is 15.8 Å². The van der Waals surface area contributed by atoms with Gasteiger partial charge in [-0.2, -0.15) is 0 Å². The summed E-state index contributed by atoms with van der Waals surface area (Å²) in [6, 6.07) is 9.35.